The number of carbonyl (C=O) groups excluding carboxylic acids is 1. The molecule has 1 aliphatic carbocycles. The van der Waals surface area contributed by atoms with Crippen LogP contribution in [0.3, 0.4) is 0 Å². The average molecular weight is 453 g/mol. The lowest BCUT2D eigenvalue weighted by Crippen LogP contribution is -2.42. The lowest BCUT2D eigenvalue weighted by atomic mass is 9.90. The molecule has 0 spiro atoms. The molecule has 1 amide bonds. The van der Waals surface area contributed by atoms with Crippen molar-refractivity contribution in [3.05, 3.63) is 53.4 Å². The van der Waals surface area contributed by atoms with Crippen LogP contribution in [0.25, 0.3) is 10.7 Å². The number of hydrogen-bond donors (Lipinski definition) is 0. The van der Waals surface area contributed by atoms with E-state index >= 15 is 0 Å². The Balaban J connectivity index is 1.20. The van der Waals surface area contributed by atoms with E-state index in [4.69, 9.17) is 0 Å². The van der Waals surface area contributed by atoms with Gasteiger partial charge in [0.25, 0.3) is 0 Å². The maximum absolute atomic E-state index is 13.1. The Morgan fingerprint density at radius 1 is 1.10 bits per heavy atom. The largest absolute Gasteiger partial charge is 0.342 e. The summed E-state index contributed by atoms with van der Waals surface area (Å²) >= 11 is 3.25. The lowest BCUT2D eigenvalue weighted by Gasteiger charge is -2.33. The van der Waals surface area contributed by atoms with Crippen molar-refractivity contribution in [3.63, 3.8) is 0 Å². The highest BCUT2D eigenvalue weighted by molar-refractivity contribution is 8.00. The van der Waals surface area contributed by atoms with E-state index in [1.165, 1.54) is 18.4 Å². The maximum Gasteiger partial charge on any atom is 0.235 e. The van der Waals surface area contributed by atoms with Gasteiger partial charge in [-0.05, 0) is 62.0 Å². The standard InChI is InChI=1S/C24H28N4OS2/c1-17(23(29)27-13-11-19(12-14-27)16-18-6-3-2-4-7-18)31-24-26-25-22(21-8-5-15-30-21)28(24)20-9-10-20/h2-8,15,17,19-20H,9-14,16H2,1H3. The number of aromatic nitrogens is 3. The van der Waals surface area contributed by atoms with Crippen LogP contribution in [0.1, 0.15) is 44.2 Å². The summed E-state index contributed by atoms with van der Waals surface area (Å²) in [6.07, 6.45) is 5.61. The van der Waals surface area contributed by atoms with Crippen LogP contribution < -0.4 is 0 Å². The second-order valence-electron chi connectivity index (χ2n) is 8.60. The van der Waals surface area contributed by atoms with Crippen molar-refractivity contribution in [3.8, 4) is 10.7 Å². The van der Waals surface area contributed by atoms with E-state index < -0.39 is 0 Å². The van der Waals surface area contributed by atoms with E-state index in [1.807, 2.05) is 13.0 Å². The molecular weight excluding hydrogens is 424 g/mol. The van der Waals surface area contributed by atoms with Gasteiger partial charge >= 0.3 is 0 Å². The van der Waals surface area contributed by atoms with E-state index in [-0.39, 0.29) is 11.2 Å². The van der Waals surface area contributed by atoms with Crippen LogP contribution in [0, 0.1) is 5.92 Å². The maximum atomic E-state index is 13.1. The summed E-state index contributed by atoms with van der Waals surface area (Å²) in [5.41, 5.74) is 1.40. The minimum Gasteiger partial charge on any atom is -0.342 e. The molecule has 0 radical (unpaired) electrons. The Morgan fingerprint density at radius 2 is 1.87 bits per heavy atom. The molecule has 1 aromatic carbocycles. The van der Waals surface area contributed by atoms with E-state index in [0.29, 0.717) is 12.0 Å². The molecule has 1 saturated carbocycles. The Morgan fingerprint density at radius 3 is 2.55 bits per heavy atom. The van der Waals surface area contributed by atoms with E-state index in [9.17, 15) is 4.79 Å². The quantitative estimate of drug-likeness (QED) is 0.456. The summed E-state index contributed by atoms with van der Waals surface area (Å²) in [6, 6.07) is 15.3. The van der Waals surface area contributed by atoms with Gasteiger partial charge in [0.05, 0.1) is 10.1 Å². The van der Waals surface area contributed by atoms with Crippen LogP contribution >= 0.6 is 23.1 Å². The molecule has 2 aromatic heterocycles. The number of amides is 1. The zero-order valence-corrected chi connectivity index (χ0v) is 19.4. The average Bonchev–Trinajstić information content (AvgIpc) is 3.31. The summed E-state index contributed by atoms with van der Waals surface area (Å²) in [6.45, 7) is 3.73. The van der Waals surface area contributed by atoms with Crippen molar-refractivity contribution in [1.82, 2.24) is 19.7 Å². The highest BCUT2D eigenvalue weighted by atomic mass is 32.2. The molecule has 5 nitrogen and oxygen atoms in total. The topological polar surface area (TPSA) is 51.0 Å². The monoisotopic (exact) mass is 452 g/mol. The third-order valence-corrected chi connectivity index (χ3v) is 8.15. The fraction of sp³-hybridized carbons (Fsp3) is 0.458. The summed E-state index contributed by atoms with van der Waals surface area (Å²) in [5.74, 6) is 1.84. The number of rotatable bonds is 7. The van der Waals surface area contributed by atoms with Crippen LogP contribution in [-0.2, 0) is 11.2 Å². The minimum atomic E-state index is -0.149. The van der Waals surface area contributed by atoms with Crippen molar-refractivity contribution in [2.75, 3.05) is 13.1 Å². The number of nitrogens with zero attached hydrogens (tertiary/aromatic N) is 4. The van der Waals surface area contributed by atoms with Gasteiger partial charge in [0.15, 0.2) is 11.0 Å². The normalized spacial score (nSPS) is 18.3. The fourth-order valence-corrected chi connectivity index (χ4v) is 6.07. The molecule has 3 heterocycles. The van der Waals surface area contributed by atoms with Crippen LogP contribution in [-0.4, -0.2) is 43.9 Å². The van der Waals surface area contributed by atoms with Crippen LogP contribution in [0.5, 0.6) is 0 Å². The zero-order chi connectivity index (χ0) is 21.2. The smallest absolute Gasteiger partial charge is 0.235 e. The van der Waals surface area contributed by atoms with Crippen molar-refractivity contribution in [2.45, 2.75) is 55.5 Å². The number of piperidine rings is 1. The third kappa shape index (κ3) is 4.72. The predicted molar refractivity (Wildman–Crippen MR) is 126 cm³/mol. The van der Waals surface area contributed by atoms with Crippen molar-refractivity contribution in [1.29, 1.82) is 0 Å². The number of hydrogen-bond acceptors (Lipinski definition) is 5. The number of benzene rings is 1. The second kappa shape index (κ2) is 9.17. The van der Waals surface area contributed by atoms with E-state index in [2.05, 4.69) is 61.4 Å². The Kier molecular flexibility index (Phi) is 6.14. The molecule has 2 fully saturated rings. The predicted octanol–water partition coefficient (Wildman–Crippen LogP) is 5.30. The first-order valence-corrected chi connectivity index (χ1v) is 12.9. The molecule has 2 aliphatic rings. The summed E-state index contributed by atoms with van der Waals surface area (Å²) in [4.78, 5) is 16.3. The summed E-state index contributed by atoms with van der Waals surface area (Å²) in [7, 11) is 0. The van der Waals surface area contributed by atoms with Crippen LogP contribution in [0.2, 0.25) is 0 Å². The van der Waals surface area contributed by atoms with Crippen LogP contribution in [0.15, 0.2) is 53.0 Å². The molecule has 3 aromatic rings. The number of thiophene rings is 1. The molecule has 1 saturated heterocycles. The number of carbonyl (C=O) groups is 1. The molecule has 7 heteroatoms. The molecule has 0 N–H and O–H groups in total. The first kappa shape index (κ1) is 20.8. The Hall–Kier alpha value is -2.12. The van der Waals surface area contributed by atoms with E-state index in [0.717, 1.165) is 48.2 Å². The molecule has 0 bridgehead atoms. The minimum absolute atomic E-state index is 0.149. The molecule has 1 unspecified atom stereocenters. The highest BCUT2D eigenvalue weighted by Crippen LogP contribution is 2.42. The van der Waals surface area contributed by atoms with E-state index in [1.54, 1.807) is 23.1 Å². The second-order valence-corrected chi connectivity index (χ2v) is 10.9. The highest BCUT2D eigenvalue weighted by Gasteiger charge is 2.33. The van der Waals surface area contributed by atoms with Gasteiger partial charge in [0.2, 0.25) is 5.91 Å². The van der Waals surface area contributed by atoms with Crippen molar-refractivity contribution >= 4 is 29.0 Å². The molecule has 5 rings (SSSR count). The van der Waals surface area contributed by atoms with Gasteiger partial charge in [-0.15, -0.1) is 21.5 Å². The van der Waals surface area contributed by atoms with Gasteiger partial charge in [-0.1, -0.05) is 48.2 Å². The van der Waals surface area contributed by atoms with Gasteiger partial charge in [-0.3, -0.25) is 9.36 Å². The van der Waals surface area contributed by atoms with Crippen LogP contribution in [0.4, 0.5) is 0 Å². The van der Waals surface area contributed by atoms with Gasteiger partial charge in [-0.2, -0.15) is 0 Å². The summed E-state index contributed by atoms with van der Waals surface area (Å²) in [5, 5.41) is 11.7. The number of likely N-dealkylation sites (tertiary alicyclic amines) is 1. The molecule has 1 aliphatic heterocycles. The molecule has 162 valence electrons. The Bertz CT molecular complexity index is 1010. The molecular formula is C24H28N4OS2. The third-order valence-electron chi connectivity index (χ3n) is 6.24. The fourth-order valence-electron chi connectivity index (χ4n) is 4.36. The van der Waals surface area contributed by atoms with Gasteiger partial charge in [0.1, 0.15) is 0 Å². The van der Waals surface area contributed by atoms with Crippen molar-refractivity contribution < 1.29 is 4.79 Å². The lowest BCUT2D eigenvalue weighted by molar-refractivity contribution is -0.131. The van der Waals surface area contributed by atoms with Gasteiger partial charge in [0, 0.05) is 19.1 Å². The van der Waals surface area contributed by atoms with Gasteiger partial charge < -0.3 is 4.90 Å². The van der Waals surface area contributed by atoms with Crippen molar-refractivity contribution in [2.24, 2.45) is 5.92 Å². The Labute approximate surface area is 191 Å². The first-order valence-electron chi connectivity index (χ1n) is 11.2. The summed E-state index contributed by atoms with van der Waals surface area (Å²) < 4.78 is 2.26. The zero-order valence-electron chi connectivity index (χ0n) is 17.8. The SMILES string of the molecule is CC(Sc1nnc(-c2cccs2)n1C1CC1)C(=O)N1CCC(Cc2ccccc2)CC1. The van der Waals surface area contributed by atoms with Gasteiger partial charge in [-0.25, -0.2) is 0 Å². The number of thioether (sulfide) groups is 1. The molecule has 1 atom stereocenters. The first-order chi connectivity index (χ1) is 15.2. The molecule has 31 heavy (non-hydrogen) atoms.